The zero-order valence-electron chi connectivity index (χ0n) is 19.7. The molecule has 0 spiro atoms. The molecular formula is C26H26FN5O3. The minimum absolute atomic E-state index is 0.236. The number of fused-ring (bicyclic) bond motifs is 1. The van der Waals surface area contributed by atoms with Gasteiger partial charge in [-0.15, -0.1) is 0 Å². The number of amides is 2. The number of nitrogens with one attached hydrogen (secondary N) is 2. The summed E-state index contributed by atoms with van der Waals surface area (Å²) in [6, 6.07) is 13.2. The number of ether oxygens (including phenoxy) is 1. The molecule has 0 bridgehead atoms. The Bertz CT molecular complexity index is 1370. The summed E-state index contributed by atoms with van der Waals surface area (Å²) >= 11 is 0. The highest BCUT2D eigenvalue weighted by Crippen LogP contribution is 2.31. The Balaban J connectivity index is 1.71. The average Bonchev–Trinajstić information content (AvgIpc) is 3.20. The van der Waals surface area contributed by atoms with E-state index in [1.165, 1.54) is 13.0 Å². The van der Waals surface area contributed by atoms with Crippen molar-refractivity contribution in [3.8, 4) is 17.1 Å². The van der Waals surface area contributed by atoms with Gasteiger partial charge in [0, 0.05) is 25.4 Å². The fraction of sp³-hybridized carbons (Fsp3) is 0.231. The van der Waals surface area contributed by atoms with Crippen molar-refractivity contribution < 1.29 is 18.7 Å². The lowest BCUT2D eigenvalue weighted by Gasteiger charge is -2.16. The van der Waals surface area contributed by atoms with Crippen molar-refractivity contribution in [2.45, 2.75) is 33.4 Å². The van der Waals surface area contributed by atoms with Crippen LogP contribution >= 0.6 is 0 Å². The van der Waals surface area contributed by atoms with Crippen LogP contribution in [0, 0.1) is 5.82 Å². The summed E-state index contributed by atoms with van der Waals surface area (Å²) in [6.45, 7) is 5.82. The van der Waals surface area contributed by atoms with Crippen LogP contribution in [0.4, 0.5) is 10.1 Å². The highest BCUT2D eigenvalue weighted by molar-refractivity contribution is 6.08. The van der Waals surface area contributed by atoms with E-state index < -0.39 is 5.82 Å². The first-order valence-corrected chi connectivity index (χ1v) is 11.3. The fourth-order valence-electron chi connectivity index (χ4n) is 3.90. The topological polar surface area (TPSA) is 98.1 Å². The monoisotopic (exact) mass is 475 g/mol. The maximum Gasteiger partial charge on any atom is 0.253 e. The van der Waals surface area contributed by atoms with Crippen LogP contribution in [0.15, 0.2) is 60.9 Å². The van der Waals surface area contributed by atoms with E-state index in [4.69, 9.17) is 4.74 Å². The third kappa shape index (κ3) is 5.29. The summed E-state index contributed by atoms with van der Waals surface area (Å²) in [5, 5.41) is 5.60. The Labute approximate surface area is 202 Å². The lowest BCUT2D eigenvalue weighted by atomic mass is 10.1. The van der Waals surface area contributed by atoms with Crippen molar-refractivity contribution in [3.63, 3.8) is 0 Å². The summed E-state index contributed by atoms with van der Waals surface area (Å²) in [4.78, 5) is 33.7. The predicted octanol–water partition coefficient (Wildman–Crippen LogP) is 4.41. The van der Waals surface area contributed by atoms with Gasteiger partial charge in [0.25, 0.3) is 5.91 Å². The zero-order chi connectivity index (χ0) is 24.9. The number of halogens is 1. The molecule has 0 aliphatic heterocycles. The number of nitrogens with zero attached hydrogens (tertiary/aromatic N) is 3. The highest BCUT2D eigenvalue weighted by Gasteiger charge is 2.22. The van der Waals surface area contributed by atoms with Gasteiger partial charge in [-0.3, -0.25) is 14.6 Å². The molecule has 4 rings (SSSR count). The molecule has 4 aromatic rings. The number of benzene rings is 2. The lowest BCUT2D eigenvalue weighted by Crippen LogP contribution is -2.34. The minimum Gasteiger partial charge on any atom is -0.487 e. The van der Waals surface area contributed by atoms with Crippen LogP contribution in [-0.2, 0) is 11.3 Å². The second kappa shape index (κ2) is 10.3. The smallest absolute Gasteiger partial charge is 0.253 e. The Morgan fingerprint density at radius 1 is 1.17 bits per heavy atom. The number of aromatic nitrogens is 3. The fourth-order valence-corrected chi connectivity index (χ4v) is 3.90. The van der Waals surface area contributed by atoms with Crippen LogP contribution in [0.5, 0.6) is 5.75 Å². The second-order valence-electron chi connectivity index (χ2n) is 8.06. The average molecular weight is 476 g/mol. The van der Waals surface area contributed by atoms with E-state index in [1.54, 1.807) is 59.4 Å². The summed E-state index contributed by atoms with van der Waals surface area (Å²) in [7, 11) is 0. The molecule has 0 aliphatic rings. The van der Waals surface area contributed by atoms with Gasteiger partial charge in [-0.1, -0.05) is 12.1 Å². The van der Waals surface area contributed by atoms with Crippen LogP contribution < -0.4 is 15.4 Å². The molecule has 2 heterocycles. The molecule has 8 nitrogen and oxygen atoms in total. The molecule has 2 aromatic heterocycles. The van der Waals surface area contributed by atoms with Crippen LogP contribution in [0.2, 0.25) is 0 Å². The van der Waals surface area contributed by atoms with Gasteiger partial charge in [-0.2, -0.15) is 0 Å². The molecule has 1 atom stereocenters. The Kier molecular flexibility index (Phi) is 7.05. The van der Waals surface area contributed by atoms with Crippen molar-refractivity contribution in [2.24, 2.45) is 0 Å². The van der Waals surface area contributed by atoms with Crippen LogP contribution in [0.3, 0.4) is 0 Å². The first kappa shape index (κ1) is 23.9. The molecule has 35 heavy (non-hydrogen) atoms. The van der Waals surface area contributed by atoms with Gasteiger partial charge in [0.2, 0.25) is 5.91 Å². The number of hydrogen-bond donors (Lipinski definition) is 2. The number of pyridine rings is 1. The molecule has 0 fully saturated rings. The standard InChI is InChI=1S/C26H26FN5O3/c1-4-32-24-21(26(34)29-14-16(2)35-19-8-7-11-28-15-19)12-18(30-17(3)33)13-23(24)31-25(32)20-9-5-6-10-22(20)27/h5-13,15-16H,4,14H2,1-3H3,(H,29,34)(H,30,33)/t16-/m1/s1. The molecule has 0 unspecified atom stereocenters. The molecule has 2 N–H and O–H groups in total. The number of hydrogen-bond acceptors (Lipinski definition) is 5. The molecule has 0 saturated heterocycles. The van der Waals surface area contributed by atoms with Gasteiger partial charge < -0.3 is 19.9 Å². The maximum absolute atomic E-state index is 14.6. The van der Waals surface area contributed by atoms with Gasteiger partial charge in [0.15, 0.2) is 0 Å². The number of aryl methyl sites for hydroxylation is 1. The predicted molar refractivity (Wildman–Crippen MR) is 132 cm³/mol. The molecule has 2 aromatic carbocycles. The molecule has 2 amide bonds. The van der Waals surface area contributed by atoms with Crippen LogP contribution in [0.25, 0.3) is 22.4 Å². The third-order valence-electron chi connectivity index (χ3n) is 5.36. The van der Waals surface area contributed by atoms with E-state index in [1.807, 2.05) is 13.8 Å². The summed E-state index contributed by atoms with van der Waals surface area (Å²) in [5.74, 6) is -0.0465. The quantitative estimate of drug-likeness (QED) is 0.393. The molecule has 180 valence electrons. The minimum atomic E-state index is -0.410. The van der Waals surface area contributed by atoms with E-state index in [-0.39, 0.29) is 24.5 Å². The summed E-state index contributed by atoms with van der Waals surface area (Å²) in [6.07, 6.45) is 2.93. The summed E-state index contributed by atoms with van der Waals surface area (Å²) < 4.78 is 22.2. The summed E-state index contributed by atoms with van der Waals surface area (Å²) in [5.41, 5.74) is 2.10. The van der Waals surface area contributed by atoms with E-state index in [9.17, 15) is 14.0 Å². The number of carbonyl (C=O) groups is 2. The Morgan fingerprint density at radius 2 is 1.97 bits per heavy atom. The molecule has 0 aliphatic carbocycles. The molecule has 0 saturated carbocycles. The van der Waals surface area contributed by atoms with E-state index in [0.29, 0.717) is 46.0 Å². The van der Waals surface area contributed by atoms with Crippen molar-refractivity contribution in [1.82, 2.24) is 19.9 Å². The number of imidazole rings is 1. The lowest BCUT2D eigenvalue weighted by molar-refractivity contribution is -0.114. The second-order valence-corrected chi connectivity index (χ2v) is 8.06. The van der Waals surface area contributed by atoms with Crippen molar-refractivity contribution in [3.05, 3.63) is 72.3 Å². The SMILES string of the molecule is CCn1c(-c2ccccc2F)nc2cc(NC(C)=O)cc(C(=O)NC[C@@H](C)Oc3cccnc3)c21. The zero-order valence-corrected chi connectivity index (χ0v) is 19.7. The Morgan fingerprint density at radius 3 is 2.66 bits per heavy atom. The van der Waals surface area contributed by atoms with Crippen LogP contribution in [0.1, 0.15) is 31.1 Å². The third-order valence-corrected chi connectivity index (χ3v) is 5.36. The maximum atomic E-state index is 14.6. The van der Waals surface area contributed by atoms with Gasteiger partial charge in [0.05, 0.1) is 34.9 Å². The van der Waals surface area contributed by atoms with Crippen molar-refractivity contribution in [1.29, 1.82) is 0 Å². The van der Waals surface area contributed by atoms with Crippen molar-refractivity contribution >= 4 is 28.5 Å². The number of anilines is 1. The van der Waals surface area contributed by atoms with Gasteiger partial charge >= 0.3 is 0 Å². The van der Waals surface area contributed by atoms with Gasteiger partial charge in [-0.05, 0) is 50.2 Å². The molecular weight excluding hydrogens is 449 g/mol. The van der Waals surface area contributed by atoms with E-state index >= 15 is 0 Å². The van der Waals surface area contributed by atoms with E-state index in [2.05, 4.69) is 20.6 Å². The number of carbonyl (C=O) groups excluding carboxylic acids is 2. The van der Waals surface area contributed by atoms with E-state index in [0.717, 1.165) is 0 Å². The highest BCUT2D eigenvalue weighted by atomic mass is 19.1. The van der Waals surface area contributed by atoms with Gasteiger partial charge in [0.1, 0.15) is 23.5 Å². The van der Waals surface area contributed by atoms with Crippen LogP contribution in [-0.4, -0.2) is 39.0 Å². The van der Waals surface area contributed by atoms with Crippen molar-refractivity contribution in [2.75, 3.05) is 11.9 Å². The molecule has 9 heteroatoms. The van der Waals surface area contributed by atoms with Gasteiger partial charge in [-0.25, -0.2) is 9.37 Å². The largest absolute Gasteiger partial charge is 0.487 e. The Hall–Kier alpha value is -4.27. The normalized spacial score (nSPS) is 11.8. The number of rotatable bonds is 8. The molecule has 0 radical (unpaired) electrons. The first-order valence-electron chi connectivity index (χ1n) is 11.3. The first-order chi connectivity index (χ1) is 16.9.